The number of anilines is 1. The lowest BCUT2D eigenvalue weighted by molar-refractivity contribution is -0.384. The zero-order valence-electron chi connectivity index (χ0n) is 10.5. The van der Waals surface area contributed by atoms with Gasteiger partial charge in [0.15, 0.2) is 0 Å². The van der Waals surface area contributed by atoms with Gasteiger partial charge in [-0.1, -0.05) is 23.7 Å². The van der Waals surface area contributed by atoms with Gasteiger partial charge in [-0.3, -0.25) is 10.1 Å². The first-order chi connectivity index (χ1) is 8.99. The highest BCUT2D eigenvalue weighted by Gasteiger charge is 2.18. The molecule has 6 heteroatoms. The van der Waals surface area contributed by atoms with E-state index in [-0.39, 0.29) is 16.7 Å². The van der Waals surface area contributed by atoms with Gasteiger partial charge in [0.1, 0.15) is 5.69 Å². The Morgan fingerprint density at radius 2 is 2.11 bits per heavy atom. The molecule has 19 heavy (non-hydrogen) atoms. The van der Waals surface area contributed by atoms with Gasteiger partial charge in [-0.05, 0) is 31.5 Å². The molecule has 1 aromatic carbocycles. The standard InChI is InChI=1S/C13H13ClN2O2S/c1-8-4-3-5-10(16(17)18)13(8)15-9(2)11-6-7-12(14)19-11/h3-7,9,15H,1-2H3. The van der Waals surface area contributed by atoms with Gasteiger partial charge in [0.25, 0.3) is 5.69 Å². The Kier molecular flexibility index (Phi) is 4.07. The SMILES string of the molecule is Cc1cccc([N+](=O)[O-])c1NC(C)c1ccc(Cl)s1. The molecule has 2 aromatic rings. The van der Waals surface area contributed by atoms with Crippen molar-refractivity contribution in [3.8, 4) is 0 Å². The Morgan fingerprint density at radius 3 is 2.68 bits per heavy atom. The van der Waals surface area contributed by atoms with Gasteiger partial charge in [-0.2, -0.15) is 0 Å². The number of halogens is 1. The number of benzene rings is 1. The second-order valence-electron chi connectivity index (χ2n) is 4.23. The van der Waals surface area contributed by atoms with E-state index in [1.165, 1.54) is 17.4 Å². The fourth-order valence-electron chi connectivity index (χ4n) is 1.84. The summed E-state index contributed by atoms with van der Waals surface area (Å²) in [5, 5.41) is 14.2. The van der Waals surface area contributed by atoms with Gasteiger partial charge in [0.2, 0.25) is 0 Å². The Hall–Kier alpha value is -1.59. The van der Waals surface area contributed by atoms with Crippen molar-refractivity contribution in [3.63, 3.8) is 0 Å². The highest BCUT2D eigenvalue weighted by Crippen LogP contribution is 2.33. The van der Waals surface area contributed by atoms with Crippen LogP contribution in [0.5, 0.6) is 0 Å². The predicted octanol–water partition coefficient (Wildman–Crippen LogP) is 4.79. The first-order valence-electron chi connectivity index (χ1n) is 5.75. The molecule has 1 atom stereocenters. The van der Waals surface area contributed by atoms with Crippen LogP contribution in [0.4, 0.5) is 11.4 Å². The highest BCUT2D eigenvalue weighted by atomic mass is 35.5. The van der Waals surface area contributed by atoms with Crippen LogP contribution in [0.1, 0.15) is 23.4 Å². The minimum absolute atomic E-state index is 0.0303. The van der Waals surface area contributed by atoms with Crippen molar-refractivity contribution < 1.29 is 4.92 Å². The molecule has 0 bridgehead atoms. The zero-order chi connectivity index (χ0) is 14.0. The molecule has 100 valence electrons. The van der Waals surface area contributed by atoms with Crippen molar-refractivity contribution >= 4 is 34.3 Å². The topological polar surface area (TPSA) is 55.2 Å². The molecule has 2 rings (SSSR count). The van der Waals surface area contributed by atoms with E-state index in [1.807, 2.05) is 32.0 Å². The second-order valence-corrected chi connectivity index (χ2v) is 5.98. The minimum atomic E-state index is -0.372. The molecular weight excluding hydrogens is 284 g/mol. The van der Waals surface area contributed by atoms with E-state index in [2.05, 4.69) is 5.32 Å². The quantitative estimate of drug-likeness (QED) is 0.652. The van der Waals surface area contributed by atoms with E-state index in [0.717, 1.165) is 10.4 Å². The fourth-order valence-corrected chi connectivity index (χ4v) is 2.90. The number of thiophene rings is 1. The van der Waals surface area contributed by atoms with Gasteiger partial charge in [0.05, 0.1) is 15.3 Å². The molecule has 0 spiro atoms. The van der Waals surface area contributed by atoms with Gasteiger partial charge >= 0.3 is 0 Å². The van der Waals surface area contributed by atoms with Crippen molar-refractivity contribution in [1.29, 1.82) is 0 Å². The second kappa shape index (κ2) is 5.59. The van der Waals surface area contributed by atoms with Gasteiger partial charge < -0.3 is 5.32 Å². The van der Waals surface area contributed by atoms with Crippen molar-refractivity contribution in [3.05, 3.63) is 55.2 Å². The summed E-state index contributed by atoms with van der Waals surface area (Å²) in [6.07, 6.45) is 0. The Balaban J connectivity index is 2.30. The third kappa shape index (κ3) is 3.05. The first kappa shape index (κ1) is 13.8. The summed E-state index contributed by atoms with van der Waals surface area (Å²) < 4.78 is 0.711. The molecule has 0 aliphatic rings. The monoisotopic (exact) mass is 296 g/mol. The molecule has 0 amide bonds. The summed E-state index contributed by atoms with van der Waals surface area (Å²) in [6.45, 7) is 3.81. The molecule has 0 saturated heterocycles. The number of hydrogen-bond acceptors (Lipinski definition) is 4. The molecule has 0 fully saturated rings. The van der Waals surface area contributed by atoms with E-state index in [0.29, 0.717) is 10.0 Å². The third-order valence-corrected chi connectivity index (χ3v) is 4.24. The number of nitrogens with zero attached hydrogens (tertiary/aromatic N) is 1. The van der Waals surface area contributed by atoms with Gasteiger partial charge in [0, 0.05) is 10.9 Å². The van der Waals surface area contributed by atoms with Crippen molar-refractivity contribution in [1.82, 2.24) is 0 Å². The molecule has 0 aliphatic heterocycles. The van der Waals surface area contributed by atoms with E-state index in [1.54, 1.807) is 6.07 Å². The van der Waals surface area contributed by atoms with Crippen molar-refractivity contribution in [2.75, 3.05) is 5.32 Å². The molecule has 4 nitrogen and oxygen atoms in total. The number of para-hydroxylation sites is 1. The number of nitro benzene ring substituents is 1. The predicted molar refractivity (Wildman–Crippen MR) is 79.2 cm³/mol. The van der Waals surface area contributed by atoms with E-state index >= 15 is 0 Å². The number of nitrogens with one attached hydrogen (secondary N) is 1. The average Bonchev–Trinajstić information content (AvgIpc) is 2.78. The fraction of sp³-hybridized carbons (Fsp3) is 0.231. The molecular formula is C13H13ClN2O2S. The van der Waals surface area contributed by atoms with Crippen LogP contribution in [-0.2, 0) is 0 Å². The summed E-state index contributed by atoms with van der Waals surface area (Å²) >= 11 is 7.37. The van der Waals surface area contributed by atoms with Crippen LogP contribution in [0.2, 0.25) is 4.34 Å². The smallest absolute Gasteiger partial charge is 0.292 e. The molecule has 0 saturated carbocycles. The van der Waals surface area contributed by atoms with E-state index in [9.17, 15) is 10.1 Å². The van der Waals surface area contributed by atoms with Crippen LogP contribution in [0.25, 0.3) is 0 Å². The lowest BCUT2D eigenvalue weighted by Crippen LogP contribution is -2.08. The molecule has 1 N–H and O–H groups in total. The van der Waals surface area contributed by atoms with Gasteiger partial charge in [-0.15, -0.1) is 11.3 Å². The third-order valence-electron chi connectivity index (χ3n) is 2.83. The molecule has 0 radical (unpaired) electrons. The largest absolute Gasteiger partial charge is 0.372 e. The van der Waals surface area contributed by atoms with E-state index < -0.39 is 0 Å². The normalized spacial score (nSPS) is 12.2. The molecule has 1 aromatic heterocycles. The van der Waals surface area contributed by atoms with Crippen LogP contribution >= 0.6 is 22.9 Å². The van der Waals surface area contributed by atoms with Crippen LogP contribution in [0, 0.1) is 17.0 Å². The summed E-state index contributed by atoms with van der Waals surface area (Å²) in [6, 6.07) is 8.76. The summed E-state index contributed by atoms with van der Waals surface area (Å²) in [5.41, 5.74) is 1.50. The summed E-state index contributed by atoms with van der Waals surface area (Å²) in [4.78, 5) is 11.7. The molecule has 1 heterocycles. The summed E-state index contributed by atoms with van der Waals surface area (Å²) in [5.74, 6) is 0. The van der Waals surface area contributed by atoms with Crippen molar-refractivity contribution in [2.24, 2.45) is 0 Å². The molecule has 1 unspecified atom stereocenters. The lowest BCUT2D eigenvalue weighted by Gasteiger charge is -2.15. The number of nitro groups is 1. The minimum Gasteiger partial charge on any atom is -0.372 e. The maximum absolute atomic E-state index is 11.0. The van der Waals surface area contributed by atoms with Crippen molar-refractivity contribution in [2.45, 2.75) is 19.9 Å². The maximum Gasteiger partial charge on any atom is 0.292 e. The van der Waals surface area contributed by atoms with E-state index in [4.69, 9.17) is 11.6 Å². The summed E-state index contributed by atoms with van der Waals surface area (Å²) in [7, 11) is 0. The number of rotatable bonds is 4. The van der Waals surface area contributed by atoms with Crippen LogP contribution in [0.15, 0.2) is 30.3 Å². The lowest BCUT2D eigenvalue weighted by atomic mass is 10.1. The maximum atomic E-state index is 11.0. The van der Waals surface area contributed by atoms with Crippen LogP contribution in [-0.4, -0.2) is 4.92 Å². The Labute approximate surface area is 120 Å². The number of aryl methyl sites for hydroxylation is 1. The van der Waals surface area contributed by atoms with Gasteiger partial charge in [-0.25, -0.2) is 0 Å². The zero-order valence-corrected chi connectivity index (χ0v) is 12.1. The average molecular weight is 297 g/mol. The van der Waals surface area contributed by atoms with Crippen LogP contribution < -0.4 is 5.32 Å². The first-order valence-corrected chi connectivity index (χ1v) is 6.94. The number of hydrogen-bond donors (Lipinski definition) is 1. The Morgan fingerprint density at radius 1 is 1.37 bits per heavy atom. The van der Waals surface area contributed by atoms with Crippen LogP contribution in [0.3, 0.4) is 0 Å². The highest BCUT2D eigenvalue weighted by molar-refractivity contribution is 7.16. The molecule has 0 aliphatic carbocycles. The Bertz CT molecular complexity index is 612.